The molecule has 2 aliphatic rings. The van der Waals surface area contributed by atoms with Gasteiger partial charge in [0.05, 0.1) is 12.7 Å². The molecule has 0 aromatic carbocycles. The number of nitrogens with one attached hydrogen (secondary N) is 1. The van der Waals surface area contributed by atoms with Crippen molar-refractivity contribution in [1.29, 1.82) is 0 Å². The van der Waals surface area contributed by atoms with Crippen molar-refractivity contribution < 1.29 is 15.0 Å². The third kappa shape index (κ3) is 5.21. The van der Waals surface area contributed by atoms with Crippen LogP contribution in [0.2, 0.25) is 0 Å². The summed E-state index contributed by atoms with van der Waals surface area (Å²) >= 11 is 0. The number of aliphatic hydroxyl groups excluding tert-OH is 2. The van der Waals surface area contributed by atoms with Crippen LogP contribution in [-0.4, -0.2) is 59.4 Å². The fraction of sp³-hybridized carbons (Fsp3) is 0.941. The van der Waals surface area contributed by atoms with Crippen LogP contribution in [0.3, 0.4) is 0 Å². The molecule has 3 unspecified atom stereocenters. The molecule has 1 saturated carbocycles. The van der Waals surface area contributed by atoms with Gasteiger partial charge in [-0.15, -0.1) is 0 Å². The Balaban J connectivity index is 1.91. The zero-order valence-electron chi connectivity index (χ0n) is 14.2. The second-order valence-corrected chi connectivity index (χ2v) is 8.15. The van der Waals surface area contributed by atoms with Crippen LogP contribution >= 0.6 is 0 Å². The molecule has 5 heteroatoms. The summed E-state index contributed by atoms with van der Waals surface area (Å²) in [6.07, 6.45) is 3.84. The highest BCUT2D eigenvalue weighted by Crippen LogP contribution is 2.36. The average molecular weight is 312 g/mol. The van der Waals surface area contributed by atoms with E-state index >= 15 is 0 Å². The van der Waals surface area contributed by atoms with E-state index in [1.54, 1.807) is 0 Å². The van der Waals surface area contributed by atoms with Crippen LogP contribution in [0.15, 0.2) is 0 Å². The van der Waals surface area contributed by atoms with Gasteiger partial charge in [0.2, 0.25) is 5.91 Å². The van der Waals surface area contributed by atoms with E-state index in [1.165, 1.54) is 0 Å². The molecule has 22 heavy (non-hydrogen) atoms. The monoisotopic (exact) mass is 312 g/mol. The quantitative estimate of drug-likeness (QED) is 0.684. The standard InChI is InChI=1S/C17H32N2O3/c1-17(2,3)16(22)18-14-8-12(9-15(21)13-4-5-13)10-19(11-14)6-7-20/h12-15,20-21H,4-11H2,1-3H3,(H,18,22). The molecule has 0 aromatic rings. The van der Waals surface area contributed by atoms with Crippen LogP contribution in [0.1, 0.15) is 46.5 Å². The third-order valence-corrected chi connectivity index (χ3v) is 4.79. The van der Waals surface area contributed by atoms with Gasteiger partial charge in [0.15, 0.2) is 0 Å². The predicted molar refractivity (Wildman–Crippen MR) is 86.4 cm³/mol. The van der Waals surface area contributed by atoms with Crippen molar-refractivity contribution in [2.24, 2.45) is 17.3 Å². The molecule has 0 radical (unpaired) electrons. The highest BCUT2D eigenvalue weighted by molar-refractivity contribution is 5.81. The summed E-state index contributed by atoms with van der Waals surface area (Å²) in [4.78, 5) is 14.4. The number of likely N-dealkylation sites (tertiary alicyclic amines) is 1. The molecule has 5 nitrogen and oxygen atoms in total. The van der Waals surface area contributed by atoms with Crippen LogP contribution in [-0.2, 0) is 4.79 Å². The minimum Gasteiger partial charge on any atom is -0.395 e. The smallest absolute Gasteiger partial charge is 0.225 e. The van der Waals surface area contributed by atoms with Crippen molar-refractivity contribution in [3.8, 4) is 0 Å². The average Bonchev–Trinajstić information content (AvgIpc) is 3.21. The van der Waals surface area contributed by atoms with Crippen molar-refractivity contribution in [1.82, 2.24) is 10.2 Å². The Bertz CT molecular complexity index is 377. The molecular formula is C17H32N2O3. The fourth-order valence-electron chi connectivity index (χ4n) is 3.32. The molecule has 128 valence electrons. The number of amides is 1. The summed E-state index contributed by atoms with van der Waals surface area (Å²) in [5, 5.41) is 22.6. The van der Waals surface area contributed by atoms with E-state index in [-0.39, 0.29) is 30.1 Å². The Kier molecular flexibility index (Phi) is 5.86. The van der Waals surface area contributed by atoms with Gasteiger partial charge in [-0.1, -0.05) is 20.8 Å². The van der Waals surface area contributed by atoms with Gasteiger partial charge in [-0.3, -0.25) is 9.69 Å². The predicted octanol–water partition coefficient (Wildman–Crippen LogP) is 0.992. The van der Waals surface area contributed by atoms with Crippen LogP contribution in [0.5, 0.6) is 0 Å². The van der Waals surface area contributed by atoms with Gasteiger partial charge in [-0.05, 0) is 37.5 Å². The Hall–Kier alpha value is -0.650. The summed E-state index contributed by atoms with van der Waals surface area (Å²) < 4.78 is 0. The second kappa shape index (κ2) is 7.28. The number of piperidine rings is 1. The lowest BCUT2D eigenvalue weighted by molar-refractivity contribution is -0.129. The molecule has 1 saturated heterocycles. The first kappa shape index (κ1) is 17.7. The first-order valence-corrected chi connectivity index (χ1v) is 8.62. The van der Waals surface area contributed by atoms with E-state index in [9.17, 15) is 15.0 Å². The van der Waals surface area contributed by atoms with Crippen molar-refractivity contribution in [3.63, 3.8) is 0 Å². The number of carbonyl (C=O) groups is 1. The zero-order chi connectivity index (χ0) is 16.3. The zero-order valence-corrected chi connectivity index (χ0v) is 14.2. The topological polar surface area (TPSA) is 72.8 Å². The molecule has 2 fully saturated rings. The Morgan fingerprint density at radius 2 is 2.00 bits per heavy atom. The summed E-state index contributed by atoms with van der Waals surface area (Å²) in [6, 6.07) is 0.114. The Labute approximate surface area is 134 Å². The molecule has 1 aliphatic heterocycles. The summed E-state index contributed by atoms with van der Waals surface area (Å²) in [6.45, 7) is 8.24. The van der Waals surface area contributed by atoms with Crippen molar-refractivity contribution in [2.75, 3.05) is 26.2 Å². The summed E-state index contributed by atoms with van der Waals surface area (Å²) in [5.41, 5.74) is -0.387. The minimum atomic E-state index is -0.387. The van der Waals surface area contributed by atoms with Gasteiger partial charge in [0, 0.05) is 31.1 Å². The summed E-state index contributed by atoms with van der Waals surface area (Å²) in [7, 11) is 0. The number of hydrogen-bond acceptors (Lipinski definition) is 4. The molecule has 0 spiro atoms. The number of aliphatic hydroxyl groups is 2. The van der Waals surface area contributed by atoms with Gasteiger partial charge >= 0.3 is 0 Å². The normalized spacial score (nSPS) is 28.4. The summed E-state index contributed by atoms with van der Waals surface area (Å²) in [5.74, 6) is 0.960. The molecule has 1 heterocycles. The Morgan fingerprint density at radius 1 is 1.32 bits per heavy atom. The van der Waals surface area contributed by atoms with E-state index in [0.717, 1.165) is 38.8 Å². The molecule has 1 amide bonds. The second-order valence-electron chi connectivity index (χ2n) is 8.15. The minimum absolute atomic E-state index is 0.0739. The number of hydrogen-bond donors (Lipinski definition) is 3. The van der Waals surface area contributed by atoms with Gasteiger partial charge < -0.3 is 15.5 Å². The van der Waals surface area contributed by atoms with Gasteiger partial charge in [0.25, 0.3) is 0 Å². The van der Waals surface area contributed by atoms with Crippen molar-refractivity contribution >= 4 is 5.91 Å². The number of rotatable bonds is 6. The van der Waals surface area contributed by atoms with E-state index in [1.807, 2.05) is 20.8 Å². The number of carbonyl (C=O) groups excluding carboxylic acids is 1. The van der Waals surface area contributed by atoms with Crippen molar-refractivity contribution in [2.45, 2.75) is 58.6 Å². The molecule has 1 aliphatic carbocycles. The molecule has 0 aromatic heterocycles. The lowest BCUT2D eigenvalue weighted by Gasteiger charge is -2.39. The highest BCUT2D eigenvalue weighted by Gasteiger charge is 2.35. The molecule has 2 rings (SSSR count). The molecule has 3 atom stereocenters. The number of β-amino-alcohol motifs (C(OH)–C–C–N with tert-alkyl or cyclic N) is 1. The van der Waals surface area contributed by atoms with Gasteiger partial charge in [0.1, 0.15) is 0 Å². The van der Waals surface area contributed by atoms with E-state index in [2.05, 4.69) is 10.2 Å². The lowest BCUT2D eigenvalue weighted by atomic mass is 9.87. The van der Waals surface area contributed by atoms with Crippen LogP contribution < -0.4 is 5.32 Å². The molecular weight excluding hydrogens is 280 g/mol. The maximum absolute atomic E-state index is 12.2. The van der Waals surface area contributed by atoms with Crippen LogP contribution in [0, 0.1) is 17.3 Å². The highest BCUT2D eigenvalue weighted by atomic mass is 16.3. The van der Waals surface area contributed by atoms with E-state index in [4.69, 9.17) is 0 Å². The first-order valence-electron chi connectivity index (χ1n) is 8.62. The van der Waals surface area contributed by atoms with Crippen molar-refractivity contribution in [3.05, 3.63) is 0 Å². The molecule has 0 bridgehead atoms. The van der Waals surface area contributed by atoms with Crippen LogP contribution in [0.4, 0.5) is 0 Å². The van der Waals surface area contributed by atoms with Gasteiger partial charge in [-0.25, -0.2) is 0 Å². The maximum Gasteiger partial charge on any atom is 0.225 e. The van der Waals surface area contributed by atoms with Crippen LogP contribution in [0.25, 0.3) is 0 Å². The fourth-order valence-corrected chi connectivity index (χ4v) is 3.32. The molecule has 3 N–H and O–H groups in total. The first-order chi connectivity index (χ1) is 10.3. The lowest BCUT2D eigenvalue weighted by Crippen LogP contribution is -2.53. The van der Waals surface area contributed by atoms with E-state index in [0.29, 0.717) is 18.4 Å². The SMILES string of the molecule is CC(C)(C)C(=O)NC1CC(CC(O)C2CC2)CN(CCO)C1. The largest absolute Gasteiger partial charge is 0.395 e. The third-order valence-electron chi connectivity index (χ3n) is 4.79. The van der Waals surface area contributed by atoms with E-state index < -0.39 is 0 Å². The van der Waals surface area contributed by atoms with Gasteiger partial charge in [-0.2, -0.15) is 0 Å². The maximum atomic E-state index is 12.2. The number of nitrogens with zero attached hydrogens (tertiary/aromatic N) is 1. The Morgan fingerprint density at radius 3 is 2.55 bits per heavy atom.